The van der Waals surface area contributed by atoms with Crippen LogP contribution in [0.2, 0.25) is 0 Å². The summed E-state index contributed by atoms with van der Waals surface area (Å²) < 4.78 is 0. The van der Waals surface area contributed by atoms with Crippen molar-refractivity contribution >= 4 is 27.9 Å². The summed E-state index contributed by atoms with van der Waals surface area (Å²) in [5, 5.41) is 37.9. The Morgan fingerprint density at radius 2 is 1.79 bits per heavy atom. The molecule has 19 heavy (non-hydrogen) atoms. The van der Waals surface area contributed by atoms with Gasteiger partial charge >= 0.3 is 11.9 Å². The Morgan fingerprint density at radius 1 is 1.16 bits per heavy atom. The highest BCUT2D eigenvalue weighted by Crippen LogP contribution is 2.25. The lowest BCUT2D eigenvalue weighted by Gasteiger charge is -2.19. The van der Waals surface area contributed by atoms with Crippen LogP contribution in [0.25, 0.3) is 0 Å². The number of hydrogen-bond donors (Lipinski definition) is 4. The molecule has 2 atom stereocenters. The third kappa shape index (κ3) is 3.76. The first kappa shape index (κ1) is 15.6. The zero-order valence-electron chi connectivity index (χ0n) is 9.78. The van der Waals surface area contributed by atoms with E-state index >= 15 is 0 Å². The molecule has 0 aromatic heterocycles. The minimum absolute atomic E-state index is 0.110. The van der Waals surface area contributed by atoms with E-state index in [1.807, 2.05) is 0 Å². The third-order valence-electron chi connectivity index (χ3n) is 2.62. The van der Waals surface area contributed by atoms with Gasteiger partial charge in [0.25, 0.3) is 0 Å². The normalized spacial score (nSPS) is 13.8. The van der Waals surface area contributed by atoms with E-state index < -0.39 is 24.1 Å². The average molecular weight is 333 g/mol. The molecule has 1 rings (SSSR count). The molecule has 2 unspecified atom stereocenters. The molecule has 0 amide bonds. The molecule has 0 radical (unpaired) electrons. The lowest BCUT2D eigenvalue weighted by molar-refractivity contribution is 0.0163. The summed E-state index contributed by atoms with van der Waals surface area (Å²) in [4.78, 5) is 21.9. The van der Waals surface area contributed by atoms with Crippen LogP contribution >= 0.6 is 15.9 Å². The predicted octanol–water partition coefficient (Wildman–Crippen LogP) is 1.26. The first-order valence-corrected chi connectivity index (χ1v) is 6.53. The van der Waals surface area contributed by atoms with Gasteiger partial charge in [-0.05, 0) is 30.2 Å². The van der Waals surface area contributed by atoms with Crippen LogP contribution in [0.1, 0.15) is 38.8 Å². The molecule has 0 aliphatic carbocycles. The van der Waals surface area contributed by atoms with Crippen LogP contribution in [0.3, 0.4) is 0 Å². The van der Waals surface area contributed by atoms with Crippen molar-refractivity contribution in [1.82, 2.24) is 0 Å². The van der Waals surface area contributed by atoms with Gasteiger partial charge in [0.1, 0.15) is 6.10 Å². The molecule has 1 aromatic carbocycles. The number of benzene rings is 1. The SMILES string of the molecule is O=C(O)c1ccc(C(=O)O)c(C(O)C(O)CCBr)c1. The number of carbonyl (C=O) groups is 2. The fraction of sp³-hybridized carbons (Fsp3) is 0.333. The van der Waals surface area contributed by atoms with Crippen LogP contribution < -0.4 is 0 Å². The highest BCUT2D eigenvalue weighted by molar-refractivity contribution is 9.09. The Balaban J connectivity index is 3.24. The number of aromatic carboxylic acids is 2. The standard InChI is InChI=1S/C12H13BrO6/c13-4-3-9(14)10(15)8-5-6(11(16)17)1-2-7(8)12(18)19/h1-2,5,9-10,14-15H,3-4H2,(H,16,17)(H,18,19). The lowest BCUT2D eigenvalue weighted by Crippen LogP contribution is -2.21. The van der Waals surface area contributed by atoms with Crippen molar-refractivity contribution in [3.8, 4) is 0 Å². The predicted molar refractivity (Wildman–Crippen MR) is 69.7 cm³/mol. The van der Waals surface area contributed by atoms with Gasteiger partial charge in [0.2, 0.25) is 0 Å². The van der Waals surface area contributed by atoms with Crippen LogP contribution in [0.4, 0.5) is 0 Å². The second kappa shape index (κ2) is 6.65. The molecular formula is C12H13BrO6. The Bertz CT molecular complexity index is 487. The Hall–Kier alpha value is -1.44. The molecule has 0 heterocycles. The van der Waals surface area contributed by atoms with Crippen LogP contribution in [-0.4, -0.2) is 43.8 Å². The lowest BCUT2D eigenvalue weighted by atomic mass is 9.95. The second-order valence-corrected chi connectivity index (χ2v) is 4.70. The Kier molecular flexibility index (Phi) is 5.46. The summed E-state index contributed by atoms with van der Waals surface area (Å²) in [5.41, 5.74) is -0.489. The van der Waals surface area contributed by atoms with E-state index in [1.54, 1.807) is 0 Å². The number of carboxylic acid groups (broad SMARTS) is 2. The van der Waals surface area contributed by atoms with Gasteiger partial charge in [0.05, 0.1) is 17.2 Å². The van der Waals surface area contributed by atoms with Gasteiger partial charge < -0.3 is 20.4 Å². The van der Waals surface area contributed by atoms with Crippen molar-refractivity contribution in [3.63, 3.8) is 0 Å². The topological polar surface area (TPSA) is 115 Å². The Morgan fingerprint density at radius 3 is 2.26 bits per heavy atom. The minimum Gasteiger partial charge on any atom is -0.478 e. The zero-order valence-corrected chi connectivity index (χ0v) is 11.4. The number of hydrogen-bond acceptors (Lipinski definition) is 4. The van der Waals surface area contributed by atoms with Gasteiger partial charge in [-0.2, -0.15) is 0 Å². The summed E-state index contributed by atoms with van der Waals surface area (Å²) in [5.74, 6) is -2.53. The van der Waals surface area contributed by atoms with E-state index in [2.05, 4.69) is 15.9 Å². The maximum Gasteiger partial charge on any atom is 0.336 e. The van der Waals surface area contributed by atoms with E-state index in [0.29, 0.717) is 5.33 Å². The molecule has 0 saturated carbocycles. The molecule has 0 fully saturated rings. The maximum absolute atomic E-state index is 11.0. The van der Waals surface area contributed by atoms with E-state index in [9.17, 15) is 19.8 Å². The van der Waals surface area contributed by atoms with Crippen molar-refractivity contribution in [2.75, 3.05) is 5.33 Å². The smallest absolute Gasteiger partial charge is 0.336 e. The molecule has 0 aliphatic rings. The van der Waals surface area contributed by atoms with Gasteiger partial charge in [-0.3, -0.25) is 0 Å². The molecule has 0 aliphatic heterocycles. The van der Waals surface area contributed by atoms with Gasteiger partial charge in [-0.25, -0.2) is 9.59 Å². The largest absolute Gasteiger partial charge is 0.478 e. The average Bonchev–Trinajstić information content (AvgIpc) is 2.37. The van der Waals surface area contributed by atoms with Crippen molar-refractivity contribution < 1.29 is 30.0 Å². The number of halogens is 1. The van der Waals surface area contributed by atoms with E-state index in [-0.39, 0.29) is 23.1 Å². The van der Waals surface area contributed by atoms with Crippen molar-refractivity contribution in [2.24, 2.45) is 0 Å². The van der Waals surface area contributed by atoms with Crippen LogP contribution in [0, 0.1) is 0 Å². The molecule has 4 N–H and O–H groups in total. The minimum atomic E-state index is -1.46. The van der Waals surface area contributed by atoms with E-state index in [4.69, 9.17) is 10.2 Å². The van der Waals surface area contributed by atoms with Crippen molar-refractivity contribution in [2.45, 2.75) is 18.6 Å². The Labute approximate surface area is 117 Å². The number of carboxylic acids is 2. The maximum atomic E-state index is 11.0. The van der Waals surface area contributed by atoms with Gasteiger partial charge in [-0.1, -0.05) is 15.9 Å². The summed E-state index contributed by atoms with van der Waals surface area (Å²) in [6, 6.07) is 3.30. The number of rotatable bonds is 6. The summed E-state index contributed by atoms with van der Waals surface area (Å²) in [6.45, 7) is 0. The van der Waals surface area contributed by atoms with Gasteiger partial charge in [-0.15, -0.1) is 0 Å². The van der Waals surface area contributed by atoms with Crippen LogP contribution in [0.15, 0.2) is 18.2 Å². The monoisotopic (exact) mass is 332 g/mol. The molecule has 6 nitrogen and oxygen atoms in total. The molecule has 0 spiro atoms. The van der Waals surface area contributed by atoms with Crippen molar-refractivity contribution in [3.05, 3.63) is 34.9 Å². The first-order chi connectivity index (χ1) is 8.88. The molecule has 7 heteroatoms. The van der Waals surface area contributed by atoms with E-state index in [0.717, 1.165) is 18.2 Å². The number of alkyl halides is 1. The zero-order chi connectivity index (χ0) is 14.6. The third-order valence-corrected chi connectivity index (χ3v) is 3.07. The fourth-order valence-corrected chi connectivity index (χ4v) is 2.08. The molecule has 0 saturated heterocycles. The van der Waals surface area contributed by atoms with Gasteiger partial charge in [0.15, 0.2) is 0 Å². The van der Waals surface area contributed by atoms with Crippen LogP contribution in [-0.2, 0) is 0 Å². The van der Waals surface area contributed by atoms with Crippen molar-refractivity contribution in [1.29, 1.82) is 0 Å². The fourth-order valence-electron chi connectivity index (χ4n) is 1.61. The second-order valence-electron chi connectivity index (χ2n) is 3.90. The molecule has 104 valence electrons. The summed E-state index contributed by atoms with van der Waals surface area (Å²) in [7, 11) is 0. The van der Waals surface area contributed by atoms with Gasteiger partial charge in [0, 0.05) is 5.33 Å². The highest BCUT2D eigenvalue weighted by Gasteiger charge is 2.24. The quantitative estimate of drug-likeness (QED) is 0.583. The molecule has 0 bridgehead atoms. The van der Waals surface area contributed by atoms with E-state index in [1.165, 1.54) is 0 Å². The number of aliphatic hydroxyl groups is 2. The molecule has 1 aromatic rings. The molecular weight excluding hydrogens is 320 g/mol. The summed E-state index contributed by atoms with van der Waals surface area (Å²) in [6.07, 6.45) is -2.43. The summed E-state index contributed by atoms with van der Waals surface area (Å²) >= 11 is 3.09. The first-order valence-electron chi connectivity index (χ1n) is 5.41. The van der Waals surface area contributed by atoms with Crippen LogP contribution in [0.5, 0.6) is 0 Å². The highest BCUT2D eigenvalue weighted by atomic mass is 79.9. The number of aliphatic hydroxyl groups excluding tert-OH is 2.